The number of carbonyl (C=O) groups is 1. The van der Waals surface area contributed by atoms with Gasteiger partial charge >= 0.3 is 0 Å². The summed E-state index contributed by atoms with van der Waals surface area (Å²) in [4.78, 5) is 18.7. The average Bonchev–Trinajstić information content (AvgIpc) is 2.81. The number of hydrogen-bond acceptors (Lipinski definition) is 4. The van der Waals surface area contributed by atoms with Crippen molar-refractivity contribution >= 4 is 17.3 Å². The highest BCUT2D eigenvalue weighted by Crippen LogP contribution is 2.25. The standard InChI is InChI=1S/C25H27FN4O/c1-18(19-5-7-21(26)8-6-19)28-22-11-15-30(16-12-22)24-4-2-3-23(17-24)29-25(31)20-9-13-27-14-10-20/h2-10,13-14,17-18,22,28H,11-12,15-16H2,1H3,(H,29,31). The van der Waals surface area contributed by atoms with Gasteiger partial charge in [0.05, 0.1) is 0 Å². The quantitative estimate of drug-likeness (QED) is 0.604. The van der Waals surface area contributed by atoms with Gasteiger partial charge in [0.2, 0.25) is 0 Å². The molecule has 1 aliphatic heterocycles. The van der Waals surface area contributed by atoms with Crippen LogP contribution in [0.3, 0.4) is 0 Å². The maximum absolute atomic E-state index is 13.1. The molecule has 0 radical (unpaired) electrons. The van der Waals surface area contributed by atoms with Crippen molar-refractivity contribution in [3.63, 3.8) is 0 Å². The van der Waals surface area contributed by atoms with Crippen LogP contribution in [0, 0.1) is 5.82 Å². The fourth-order valence-corrected chi connectivity index (χ4v) is 3.99. The van der Waals surface area contributed by atoms with Gasteiger partial charge in [0.25, 0.3) is 5.91 Å². The number of aromatic nitrogens is 1. The molecule has 0 spiro atoms. The number of benzene rings is 2. The lowest BCUT2D eigenvalue weighted by molar-refractivity contribution is 0.102. The van der Waals surface area contributed by atoms with Gasteiger partial charge in [0.1, 0.15) is 5.82 Å². The molecule has 0 bridgehead atoms. The molecule has 2 aromatic carbocycles. The lowest BCUT2D eigenvalue weighted by Gasteiger charge is -2.35. The minimum atomic E-state index is -0.205. The third kappa shape index (κ3) is 5.47. The molecule has 6 heteroatoms. The minimum absolute atomic E-state index is 0.141. The summed E-state index contributed by atoms with van der Waals surface area (Å²) in [7, 11) is 0. The molecular formula is C25H27FN4O. The van der Waals surface area contributed by atoms with E-state index in [1.807, 2.05) is 30.3 Å². The van der Waals surface area contributed by atoms with Gasteiger partial charge in [-0.15, -0.1) is 0 Å². The van der Waals surface area contributed by atoms with E-state index in [2.05, 4.69) is 33.5 Å². The first-order valence-electron chi connectivity index (χ1n) is 10.7. The van der Waals surface area contributed by atoms with E-state index >= 15 is 0 Å². The Morgan fingerprint density at radius 1 is 1.06 bits per heavy atom. The zero-order chi connectivity index (χ0) is 21.6. The van der Waals surface area contributed by atoms with Gasteiger partial charge in [-0.3, -0.25) is 9.78 Å². The lowest BCUT2D eigenvalue weighted by atomic mass is 10.0. The summed E-state index contributed by atoms with van der Waals surface area (Å²) < 4.78 is 13.1. The van der Waals surface area contributed by atoms with Crippen molar-refractivity contribution in [2.75, 3.05) is 23.3 Å². The number of hydrogen-bond donors (Lipinski definition) is 2. The number of amides is 1. The Morgan fingerprint density at radius 3 is 2.48 bits per heavy atom. The largest absolute Gasteiger partial charge is 0.371 e. The van der Waals surface area contributed by atoms with E-state index < -0.39 is 0 Å². The first kappa shape index (κ1) is 21.0. The predicted molar refractivity (Wildman–Crippen MR) is 122 cm³/mol. The van der Waals surface area contributed by atoms with E-state index in [1.165, 1.54) is 12.1 Å². The first-order valence-corrected chi connectivity index (χ1v) is 10.7. The van der Waals surface area contributed by atoms with E-state index in [9.17, 15) is 9.18 Å². The molecule has 0 saturated carbocycles. The summed E-state index contributed by atoms with van der Waals surface area (Å²) in [6.45, 7) is 4.00. The fraction of sp³-hybridized carbons (Fsp3) is 0.280. The van der Waals surface area contributed by atoms with Crippen LogP contribution < -0.4 is 15.5 Å². The summed E-state index contributed by atoms with van der Waals surface area (Å²) in [5.41, 5.74) is 3.58. The Labute approximate surface area is 182 Å². The van der Waals surface area contributed by atoms with Gasteiger partial charge in [0, 0.05) is 54.5 Å². The molecule has 1 aliphatic rings. The maximum atomic E-state index is 13.1. The number of rotatable bonds is 6. The molecule has 2 heterocycles. The molecule has 3 aromatic rings. The second-order valence-electron chi connectivity index (χ2n) is 7.94. The van der Waals surface area contributed by atoms with E-state index in [4.69, 9.17) is 0 Å². The van der Waals surface area contributed by atoms with Crippen molar-refractivity contribution in [3.8, 4) is 0 Å². The predicted octanol–water partition coefficient (Wildman–Crippen LogP) is 4.79. The maximum Gasteiger partial charge on any atom is 0.255 e. The van der Waals surface area contributed by atoms with Crippen LogP contribution in [-0.2, 0) is 0 Å². The van der Waals surface area contributed by atoms with E-state index in [-0.39, 0.29) is 17.8 Å². The van der Waals surface area contributed by atoms with Gasteiger partial charge in [-0.05, 0) is 67.8 Å². The molecule has 31 heavy (non-hydrogen) atoms. The van der Waals surface area contributed by atoms with Crippen LogP contribution in [0.5, 0.6) is 0 Å². The van der Waals surface area contributed by atoms with Crippen molar-refractivity contribution in [1.29, 1.82) is 0 Å². The van der Waals surface area contributed by atoms with Crippen LogP contribution in [0.4, 0.5) is 15.8 Å². The normalized spacial score (nSPS) is 15.5. The number of anilines is 2. The van der Waals surface area contributed by atoms with Crippen molar-refractivity contribution < 1.29 is 9.18 Å². The molecule has 1 amide bonds. The summed E-state index contributed by atoms with van der Waals surface area (Å²) in [5.74, 6) is -0.347. The highest BCUT2D eigenvalue weighted by molar-refractivity contribution is 6.04. The van der Waals surface area contributed by atoms with Crippen LogP contribution in [0.1, 0.15) is 41.7 Å². The Bertz CT molecular complexity index is 1000. The zero-order valence-corrected chi connectivity index (χ0v) is 17.6. The monoisotopic (exact) mass is 418 g/mol. The van der Waals surface area contributed by atoms with Crippen LogP contribution in [0.15, 0.2) is 73.1 Å². The molecule has 1 unspecified atom stereocenters. The number of halogens is 1. The Balaban J connectivity index is 1.32. The molecule has 2 N–H and O–H groups in total. The fourth-order valence-electron chi connectivity index (χ4n) is 3.99. The molecule has 160 valence electrons. The second kappa shape index (κ2) is 9.71. The van der Waals surface area contributed by atoms with Crippen molar-refractivity contribution in [2.45, 2.75) is 31.8 Å². The second-order valence-corrected chi connectivity index (χ2v) is 7.94. The third-order valence-electron chi connectivity index (χ3n) is 5.76. The molecule has 1 atom stereocenters. The Hall–Kier alpha value is -3.25. The van der Waals surface area contributed by atoms with Gasteiger partial charge < -0.3 is 15.5 Å². The zero-order valence-electron chi connectivity index (χ0n) is 17.6. The van der Waals surface area contributed by atoms with E-state index in [1.54, 1.807) is 24.5 Å². The number of carbonyl (C=O) groups excluding carboxylic acids is 1. The number of nitrogens with one attached hydrogen (secondary N) is 2. The average molecular weight is 419 g/mol. The molecule has 1 saturated heterocycles. The molecule has 0 aliphatic carbocycles. The minimum Gasteiger partial charge on any atom is -0.371 e. The number of nitrogens with zero attached hydrogens (tertiary/aromatic N) is 2. The van der Waals surface area contributed by atoms with Crippen LogP contribution in [-0.4, -0.2) is 30.0 Å². The van der Waals surface area contributed by atoms with E-state index in [0.717, 1.165) is 42.9 Å². The summed E-state index contributed by atoms with van der Waals surface area (Å²) in [6, 6.07) is 18.7. The van der Waals surface area contributed by atoms with Gasteiger partial charge in [0.15, 0.2) is 0 Å². The number of piperidine rings is 1. The Morgan fingerprint density at radius 2 is 1.77 bits per heavy atom. The number of pyridine rings is 1. The third-order valence-corrected chi connectivity index (χ3v) is 5.76. The summed E-state index contributed by atoms with van der Waals surface area (Å²) >= 11 is 0. The van der Waals surface area contributed by atoms with Gasteiger partial charge in [-0.2, -0.15) is 0 Å². The van der Waals surface area contributed by atoms with Gasteiger partial charge in [-0.25, -0.2) is 4.39 Å². The molecule has 1 fully saturated rings. The van der Waals surface area contributed by atoms with Crippen LogP contribution in [0.2, 0.25) is 0 Å². The molecular weight excluding hydrogens is 391 g/mol. The summed E-state index contributed by atoms with van der Waals surface area (Å²) in [6.07, 6.45) is 5.28. The van der Waals surface area contributed by atoms with Crippen LogP contribution >= 0.6 is 0 Å². The smallest absolute Gasteiger partial charge is 0.255 e. The molecule has 5 nitrogen and oxygen atoms in total. The highest BCUT2D eigenvalue weighted by atomic mass is 19.1. The topological polar surface area (TPSA) is 57.3 Å². The Kier molecular flexibility index (Phi) is 6.57. The van der Waals surface area contributed by atoms with Crippen LogP contribution in [0.25, 0.3) is 0 Å². The van der Waals surface area contributed by atoms with E-state index in [0.29, 0.717) is 11.6 Å². The summed E-state index contributed by atoms with van der Waals surface area (Å²) in [5, 5.41) is 6.63. The first-order chi connectivity index (χ1) is 15.1. The highest BCUT2D eigenvalue weighted by Gasteiger charge is 2.21. The van der Waals surface area contributed by atoms with Crippen molar-refractivity contribution in [2.24, 2.45) is 0 Å². The molecule has 4 rings (SSSR count). The van der Waals surface area contributed by atoms with Crippen molar-refractivity contribution in [1.82, 2.24) is 10.3 Å². The SMILES string of the molecule is CC(NC1CCN(c2cccc(NC(=O)c3ccncc3)c2)CC1)c1ccc(F)cc1. The van der Waals surface area contributed by atoms with Crippen molar-refractivity contribution in [3.05, 3.63) is 90.0 Å². The molecule has 1 aromatic heterocycles. The van der Waals surface area contributed by atoms with Gasteiger partial charge in [-0.1, -0.05) is 18.2 Å². The lowest BCUT2D eigenvalue weighted by Crippen LogP contribution is -2.43.